The molecule has 0 aromatic heterocycles. The number of halogens is 2. The fourth-order valence-electron chi connectivity index (χ4n) is 2.23. The number of hydrogen-bond acceptors (Lipinski definition) is 3. The van der Waals surface area contributed by atoms with Gasteiger partial charge in [-0.15, -0.1) is 0 Å². The molecule has 2 N–H and O–H groups in total. The molecular weight excluding hydrogens is 342 g/mol. The molecule has 0 aliphatic heterocycles. The maximum atomic E-state index is 13.7. The third-order valence-corrected chi connectivity index (χ3v) is 3.55. The molecule has 136 valence electrons. The Hall–Kier alpha value is -3.22. The number of anilines is 2. The van der Waals surface area contributed by atoms with E-state index in [9.17, 15) is 18.4 Å². The first-order chi connectivity index (χ1) is 12.4. The van der Waals surface area contributed by atoms with Crippen molar-refractivity contribution >= 4 is 23.2 Å². The van der Waals surface area contributed by atoms with Crippen LogP contribution in [0.2, 0.25) is 0 Å². The van der Waals surface area contributed by atoms with Gasteiger partial charge in [0.25, 0.3) is 0 Å². The number of carbonyl (C=O) groups excluding carboxylic acids is 2. The second kappa shape index (κ2) is 8.75. The number of ether oxygens (including phenoxy) is 1. The SMILES string of the molecule is C=CC(=O)Nc1cc(NC(=O)CCc2ccc(OC)c(F)c2)ccc1F. The lowest BCUT2D eigenvalue weighted by Crippen LogP contribution is -2.14. The maximum Gasteiger partial charge on any atom is 0.247 e. The molecule has 26 heavy (non-hydrogen) atoms. The van der Waals surface area contributed by atoms with Crippen LogP contribution in [-0.4, -0.2) is 18.9 Å². The largest absolute Gasteiger partial charge is 0.494 e. The van der Waals surface area contributed by atoms with Gasteiger partial charge in [-0.05, 0) is 48.4 Å². The quantitative estimate of drug-likeness (QED) is 0.741. The van der Waals surface area contributed by atoms with Gasteiger partial charge in [0, 0.05) is 12.1 Å². The van der Waals surface area contributed by atoms with Crippen LogP contribution in [0.3, 0.4) is 0 Å². The second-order valence-corrected chi connectivity index (χ2v) is 5.41. The van der Waals surface area contributed by atoms with Gasteiger partial charge in [0.05, 0.1) is 12.8 Å². The number of aryl methyl sites for hydroxylation is 1. The first-order valence-electron chi connectivity index (χ1n) is 7.78. The number of methoxy groups -OCH3 is 1. The number of carbonyl (C=O) groups is 2. The molecule has 2 aromatic carbocycles. The minimum Gasteiger partial charge on any atom is -0.494 e. The van der Waals surface area contributed by atoms with Crippen molar-refractivity contribution in [1.82, 2.24) is 0 Å². The number of benzene rings is 2. The lowest BCUT2D eigenvalue weighted by molar-refractivity contribution is -0.116. The summed E-state index contributed by atoms with van der Waals surface area (Å²) in [6.45, 7) is 3.29. The van der Waals surface area contributed by atoms with Crippen LogP contribution in [0.5, 0.6) is 5.75 Å². The molecule has 0 bridgehead atoms. The zero-order chi connectivity index (χ0) is 19.1. The van der Waals surface area contributed by atoms with Gasteiger partial charge in [-0.3, -0.25) is 9.59 Å². The lowest BCUT2D eigenvalue weighted by Gasteiger charge is -2.09. The van der Waals surface area contributed by atoms with Gasteiger partial charge >= 0.3 is 0 Å². The van der Waals surface area contributed by atoms with Gasteiger partial charge in [0.15, 0.2) is 11.6 Å². The molecule has 0 radical (unpaired) electrons. The monoisotopic (exact) mass is 360 g/mol. The number of amides is 2. The molecule has 0 heterocycles. The summed E-state index contributed by atoms with van der Waals surface area (Å²) >= 11 is 0. The molecule has 0 saturated carbocycles. The van der Waals surface area contributed by atoms with Crippen LogP contribution in [0, 0.1) is 11.6 Å². The van der Waals surface area contributed by atoms with E-state index in [0.29, 0.717) is 17.7 Å². The Morgan fingerprint density at radius 3 is 2.54 bits per heavy atom. The number of nitrogens with one attached hydrogen (secondary N) is 2. The molecule has 7 heteroatoms. The Morgan fingerprint density at radius 1 is 1.12 bits per heavy atom. The van der Waals surface area contributed by atoms with Gasteiger partial charge in [0.1, 0.15) is 5.82 Å². The molecule has 0 unspecified atom stereocenters. The average molecular weight is 360 g/mol. The number of rotatable bonds is 7. The minimum atomic E-state index is -0.632. The van der Waals surface area contributed by atoms with Crippen LogP contribution in [0.1, 0.15) is 12.0 Å². The Morgan fingerprint density at radius 2 is 1.88 bits per heavy atom. The summed E-state index contributed by atoms with van der Waals surface area (Å²) in [7, 11) is 1.37. The van der Waals surface area contributed by atoms with Crippen LogP contribution in [0.15, 0.2) is 49.1 Å². The summed E-state index contributed by atoms with van der Waals surface area (Å²) in [5.41, 5.74) is 0.915. The van der Waals surface area contributed by atoms with Gasteiger partial charge < -0.3 is 15.4 Å². The van der Waals surface area contributed by atoms with Crippen molar-refractivity contribution in [2.24, 2.45) is 0 Å². The topological polar surface area (TPSA) is 67.4 Å². The van der Waals surface area contributed by atoms with Crippen LogP contribution in [0.25, 0.3) is 0 Å². The van der Waals surface area contributed by atoms with E-state index >= 15 is 0 Å². The predicted molar refractivity (Wildman–Crippen MR) is 95.1 cm³/mol. The van der Waals surface area contributed by atoms with E-state index in [-0.39, 0.29) is 23.8 Å². The van der Waals surface area contributed by atoms with Gasteiger partial charge in [-0.25, -0.2) is 8.78 Å². The highest BCUT2D eigenvalue weighted by molar-refractivity contribution is 5.99. The Bertz CT molecular complexity index is 838. The van der Waals surface area contributed by atoms with Crippen molar-refractivity contribution in [3.63, 3.8) is 0 Å². The first-order valence-corrected chi connectivity index (χ1v) is 7.78. The number of hydrogen-bond donors (Lipinski definition) is 2. The molecule has 2 aromatic rings. The molecule has 0 atom stereocenters. The van der Waals surface area contributed by atoms with E-state index in [4.69, 9.17) is 4.74 Å². The van der Waals surface area contributed by atoms with E-state index in [1.165, 1.54) is 31.4 Å². The summed E-state index contributed by atoms with van der Waals surface area (Å²) in [5.74, 6) is -1.88. The standard InChI is InChI=1S/C19H18F2N2O3/c1-3-18(24)23-16-11-13(6-7-14(16)20)22-19(25)9-5-12-4-8-17(26-2)15(21)10-12/h3-4,6-8,10-11H,1,5,9H2,2H3,(H,22,25)(H,23,24). The van der Waals surface area contributed by atoms with Crippen molar-refractivity contribution in [3.8, 4) is 5.75 Å². The third kappa shape index (κ3) is 5.14. The molecular formula is C19H18F2N2O3. The molecule has 0 spiro atoms. The molecule has 2 rings (SSSR count). The second-order valence-electron chi connectivity index (χ2n) is 5.41. The summed E-state index contributed by atoms with van der Waals surface area (Å²) in [5, 5.41) is 4.92. The van der Waals surface area contributed by atoms with Crippen molar-refractivity contribution < 1.29 is 23.1 Å². The Labute approximate surface area is 149 Å². The average Bonchev–Trinajstić information content (AvgIpc) is 2.62. The van der Waals surface area contributed by atoms with Crippen molar-refractivity contribution in [2.45, 2.75) is 12.8 Å². The Kier molecular flexibility index (Phi) is 6.43. The van der Waals surface area contributed by atoms with Gasteiger partial charge in [-0.2, -0.15) is 0 Å². The molecule has 0 saturated heterocycles. The molecule has 5 nitrogen and oxygen atoms in total. The third-order valence-electron chi connectivity index (χ3n) is 3.55. The smallest absolute Gasteiger partial charge is 0.247 e. The van der Waals surface area contributed by atoms with Crippen LogP contribution in [0.4, 0.5) is 20.2 Å². The van der Waals surface area contributed by atoms with Crippen LogP contribution in [-0.2, 0) is 16.0 Å². The summed E-state index contributed by atoms with van der Waals surface area (Å²) in [6.07, 6.45) is 1.45. The molecule has 0 aliphatic carbocycles. The fourth-order valence-corrected chi connectivity index (χ4v) is 2.23. The van der Waals surface area contributed by atoms with Crippen molar-refractivity contribution in [1.29, 1.82) is 0 Å². The first kappa shape index (κ1) is 19.1. The highest BCUT2D eigenvalue weighted by Gasteiger charge is 2.09. The van der Waals surface area contributed by atoms with Gasteiger partial charge in [-0.1, -0.05) is 12.6 Å². The summed E-state index contributed by atoms with van der Waals surface area (Å²) in [4.78, 5) is 23.3. The maximum absolute atomic E-state index is 13.7. The molecule has 0 aliphatic rings. The highest BCUT2D eigenvalue weighted by Crippen LogP contribution is 2.21. The normalized spacial score (nSPS) is 10.1. The molecule has 2 amide bonds. The summed E-state index contributed by atoms with van der Waals surface area (Å²) < 4.78 is 32.1. The predicted octanol–water partition coefficient (Wildman–Crippen LogP) is 3.67. The van der Waals surface area contributed by atoms with E-state index in [2.05, 4.69) is 17.2 Å². The van der Waals surface area contributed by atoms with E-state index in [1.807, 2.05) is 0 Å². The van der Waals surface area contributed by atoms with Crippen molar-refractivity contribution in [2.75, 3.05) is 17.7 Å². The van der Waals surface area contributed by atoms with Crippen LogP contribution < -0.4 is 15.4 Å². The highest BCUT2D eigenvalue weighted by atomic mass is 19.1. The lowest BCUT2D eigenvalue weighted by atomic mass is 10.1. The van der Waals surface area contributed by atoms with Gasteiger partial charge in [0.2, 0.25) is 11.8 Å². The fraction of sp³-hybridized carbons (Fsp3) is 0.158. The van der Waals surface area contributed by atoms with Crippen molar-refractivity contribution in [3.05, 3.63) is 66.3 Å². The zero-order valence-corrected chi connectivity index (χ0v) is 14.1. The molecule has 0 fully saturated rings. The zero-order valence-electron chi connectivity index (χ0n) is 14.1. The minimum absolute atomic E-state index is 0.0649. The van der Waals surface area contributed by atoms with E-state index in [0.717, 1.165) is 12.1 Å². The van der Waals surface area contributed by atoms with E-state index < -0.39 is 17.5 Å². The Balaban J connectivity index is 1.97. The van der Waals surface area contributed by atoms with Crippen LogP contribution >= 0.6 is 0 Å². The van der Waals surface area contributed by atoms with E-state index in [1.54, 1.807) is 6.07 Å². The summed E-state index contributed by atoms with van der Waals surface area (Å²) in [6, 6.07) is 8.30.